The van der Waals surface area contributed by atoms with E-state index in [2.05, 4.69) is 15.5 Å². The molecule has 0 fully saturated rings. The van der Waals surface area contributed by atoms with Crippen molar-refractivity contribution >= 4 is 39.3 Å². The minimum Gasteiger partial charge on any atom is -0.501 e. The molecule has 8 heteroatoms. The van der Waals surface area contributed by atoms with Crippen LogP contribution in [0.4, 0.5) is 10.8 Å². The third-order valence-corrected chi connectivity index (χ3v) is 6.29. The zero-order valence-corrected chi connectivity index (χ0v) is 19.9. The Morgan fingerprint density at radius 1 is 1.00 bits per heavy atom. The van der Waals surface area contributed by atoms with Gasteiger partial charge in [-0.25, -0.2) is 9.78 Å². The molecule has 0 unspecified atom stereocenters. The number of hydrazone groups is 1. The summed E-state index contributed by atoms with van der Waals surface area (Å²) in [5, 5.41) is 18.0. The van der Waals surface area contributed by atoms with Gasteiger partial charge in [0.05, 0.1) is 11.9 Å². The Morgan fingerprint density at radius 3 is 2.46 bits per heavy atom. The number of aromatic hydroxyl groups is 1. The molecule has 2 heterocycles. The number of fused-ring (bicyclic) bond motifs is 1. The molecule has 0 aliphatic heterocycles. The Balaban J connectivity index is 1.33. The lowest BCUT2D eigenvalue weighted by Gasteiger charge is -2.11. The van der Waals surface area contributed by atoms with Crippen LogP contribution in [-0.4, -0.2) is 30.4 Å². The van der Waals surface area contributed by atoms with E-state index < -0.39 is 11.4 Å². The number of para-hydroxylation sites is 1. The van der Waals surface area contributed by atoms with Crippen LogP contribution in [0.25, 0.3) is 33.4 Å². The van der Waals surface area contributed by atoms with Crippen molar-refractivity contribution in [1.82, 2.24) is 4.98 Å². The fourth-order valence-electron chi connectivity index (χ4n) is 3.72. The van der Waals surface area contributed by atoms with E-state index in [1.165, 1.54) is 11.3 Å². The van der Waals surface area contributed by atoms with Crippen LogP contribution >= 0.6 is 11.3 Å². The number of hydrogen-bond acceptors (Lipinski definition) is 8. The van der Waals surface area contributed by atoms with Gasteiger partial charge in [0, 0.05) is 41.7 Å². The lowest BCUT2D eigenvalue weighted by molar-refractivity contribution is 0.430. The van der Waals surface area contributed by atoms with E-state index in [-0.39, 0.29) is 0 Å². The number of thiazole rings is 1. The van der Waals surface area contributed by atoms with Gasteiger partial charge in [-0.05, 0) is 29.3 Å². The number of benzene rings is 3. The summed E-state index contributed by atoms with van der Waals surface area (Å²) in [7, 11) is 4.01. The minimum absolute atomic E-state index is 0.397. The van der Waals surface area contributed by atoms with Gasteiger partial charge in [-0.1, -0.05) is 54.6 Å². The Morgan fingerprint density at radius 2 is 1.71 bits per heavy atom. The highest BCUT2D eigenvalue weighted by Gasteiger charge is 2.15. The normalized spacial score (nSPS) is 11.3. The second kappa shape index (κ2) is 9.44. The van der Waals surface area contributed by atoms with Crippen molar-refractivity contribution in [1.29, 1.82) is 0 Å². The van der Waals surface area contributed by atoms with E-state index in [0.29, 0.717) is 27.2 Å². The molecule has 0 amide bonds. The predicted octanol–water partition coefficient (Wildman–Crippen LogP) is 5.80. The van der Waals surface area contributed by atoms with Gasteiger partial charge in [-0.2, -0.15) is 5.10 Å². The van der Waals surface area contributed by atoms with Crippen LogP contribution in [0.1, 0.15) is 5.56 Å². The molecular weight excluding hydrogens is 460 g/mol. The zero-order chi connectivity index (χ0) is 24.4. The van der Waals surface area contributed by atoms with E-state index in [9.17, 15) is 9.90 Å². The number of rotatable bonds is 6. The number of anilines is 2. The fraction of sp³-hybridized carbons (Fsp3) is 0.0741. The van der Waals surface area contributed by atoms with E-state index in [0.717, 1.165) is 22.5 Å². The highest BCUT2D eigenvalue weighted by atomic mass is 32.1. The summed E-state index contributed by atoms with van der Waals surface area (Å²) in [5.41, 5.74) is 7.65. The molecule has 5 rings (SSSR count). The van der Waals surface area contributed by atoms with Gasteiger partial charge in [-0.15, -0.1) is 11.3 Å². The second-order valence-electron chi connectivity index (χ2n) is 8.08. The lowest BCUT2D eigenvalue weighted by atomic mass is 9.99. The van der Waals surface area contributed by atoms with Crippen LogP contribution < -0.4 is 16.0 Å². The van der Waals surface area contributed by atoms with Crippen molar-refractivity contribution in [2.45, 2.75) is 0 Å². The topological polar surface area (TPSA) is 91.0 Å². The van der Waals surface area contributed by atoms with Crippen LogP contribution in [0.5, 0.6) is 5.75 Å². The largest absolute Gasteiger partial charge is 0.501 e. The van der Waals surface area contributed by atoms with E-state index in [1.807, 2.05) is 85.0 Å². The molecule has 0 radical (unpaired) electrons. The molecule has 174 valence electrons. The molecule has 0 atom stereocenters. The first kappa shape index (κ1) is 22.4. The Bertz CT molecular complexity index is 1570. The Labute approximate surface area is 205 Å². The van der Waals surface area contributed by atoms with E-state index >= 15 is 0 Å². The standard InChI is InChI=1S/C27H22N4O3S/c1-31(2)20-13-7-17(8-14-20)15-28-30-27-29-22(16-35-27)18-9-11-19(12-10-18)24-21-5-3-4-6-23(21)34-26(33)25(24)32/h3-16,32H,1-2H3,(H,29,30). The first-order valence-corrected chi connectivity index (χ1v) is 11.7. The summed E-state index contributed by atoms with van der Waals surface area (Å²) in [4.78, 5) is 18.7. The molecular formula is C27H22N4O3S. The predicted molar refractivity (Wildman–Crippen MR) is 143 cm³/mol. The molecule has 0 aliphatic rings. The van der Waals surface area contributed by atoms with Crippen LogP contribution in [-0.2, 0) is 0 Å². The summed E-state index contributed by atoms with van der Waals surface area (Å²) in [6.45, 7) is 0. The van der Waals surface area contributed by atoms with Gasteiger partial charge in [0.1, 0.15) is 5.58 Å². The van der Waals surface area contributed by atoms with Crippen LogP contribution in [0.3, 0.4) is 0 Å². The first-order valence-electron chi connectivity index (χ1n) is 10.9. The molecule has 0 spiro atoms. The van der Waals surface area contributed by atoms with Gasteiger partial charge in [0.25, 0.3) is 0 Å². The van der Waals surface area contributed by atoms with Crippen molar-refractivity contribution < 1.29 is 9.52 Å². The molecule has 2 aromatic heterocycles. The first-order chi connectivity index (χ1) is 17.0. The molecule has 0 aliphatic carbocycles. The summed E-state index contributed by atoms with van der Waals surface area (Å²) in [6.07, 6.45) is 1.75. The average molecular weight is 483 g/mol. The van der Waals surface area contributed by atoms with E-state index in [1.54, 1.807) is 18.3 Å². The number of nitrogens with zero attached hydrogens (tertiary/aromatic N) is 3. The average Bonchev–Trinajstić information content (AvgIpc) is 3.34. The Kier molecular flexibility index (Phi) is 6.03. The molecule has 7 nitrogen and oxygen atoms in total. The van der Waals surface area contributed by atoms with Crippen LogP contribution in [0.2, 0.25) is 0 Å². The van der Waals surface area contributed by atoms with Crippen molar-refractivity contribution in [2.75, 3.05) is 24.4 Å². The maximum Gasteiger partial charge on any atom is 0.379 e. The molecule has 0 saturated heterocycles. The lowest BCUT2D eigenvalue weighted by Crippen LogP contribution is -2.08. The molecule has 0 saturated carbocycles. The van der Waals surface area contributed by atoms with Crippen molar-refractivity contribution in [2.24, 2.45) is 5.10 Å². The van der Waals surface area contributed by atoms with E-state index in [4.69, 9.17) is 4.42 Å². The van der Waals surface area contributed by atoms with Gasteiger partial charge in [0.15, 0.2) is 0 Å². The van der Waals surface area contributed by atoms with Gasteiger partial charge in [0.2, 0.25) is 10.9 Å². The van der Waals surface area contributed by atoms with Gasteiger partial charge < -0.3 is 14.4 Å². The highest BCUT2D eigenvalue weighted by Crippen LogP contribution is 2.35. The van der Waals surface area contributed by atoms with Crippen molar-refractivity contribution in [3.63, 3.8) is 0 Å². The zero-order valence-electron chi connectivity index (χ0n) is 19.1. The minimum atomic E-state index is -0.757. The number of hydrogen-bond donors (Lipinski definition) is 2. The van der Waals surface area contributed by atoms with Crippen LogP contribution in [0.15, 0.2) is 92.5 Å². The molecule has 35 heavy (non-hydrogen) atoms. The summed E-state index contributed by atoms with van der Waals surface area (Å²) >= 11 is 1.46. The molecule has 0 bridgehead atoms. The van der Waals surface area contributed by atoms with Crippen molar-refractivity contribution in [3.05, 3.63) is 94.2 Å². The van der Waals surface area contributed by atoms with Crippen molar-refractivity contribution in [3.8, 4) is 28.1 Å². The summed E-state index contributed by atoms with van der Waals surface area (Å²) < 4.78 is 5.19. The third kappa shape index (κ3) is 4.64. The smallest absolute Gasteiger partial charge is 0.379 e. The number of nitrogens with one attached hydrogen (secondary N) is 1. The maximum absolute atomic E-state index is 12.1. The van der Waals surface area contributed by atoms with Crippen LogP contribution in [0, 0.1) is 0 Å². The molecule has 5 aromatic rings. The summed E-state index contributed by atoms with van der Waals surface area (Å²) in [6, 6.07) is 22.8. The second-order valence-corrected chi connectivity index (χ2v) is 8.94. The molecule has 3 aromatic carbocycles. The highest BCUT2D eigenvalue weighted by molar-refractivity contribution is 7.14. The van der Waals surface area contributed by atoms with Gasteiger partial charge in [-0.3, -0.25) is 5.43 Å². The fourth-order valence-corrected chi connectivity index (χ4v) is 4.39. The maximum atomic E-state index is 12.1. The quantitative estimate of drug-likeness (QED) is 0.181. The van der Waals surface area contributed by atoms with Gasteiger partial charge >= 0.3 is 5.63 Å². The molecule has 2 N–H and O–H groups in total. The Hall–Kier alpha value is -4.43. The number of aromatic nitrogens is 1. The SMILES string of the molecule is CN(C)c1ccc(C=NNc2nc(-c3ccc(-c4c(O)c(=O)oc5ccccc45)cc3)cs2)cc1. The summed E-state index contributed by atoms with van der Waals surface area (Å²) in [5.74, 6) is -0.397. The third-order valence-electron chi connectivity index (χ3n) is 5.55. The monoisotopic (exact) mass is 482 g/mol.